The fourth-order valence-corrected chi connectivity index (χ4v) is 2.50. The Labute approximate surface area is 120 Å². The first kappa shape index (κ1) is 14.5. The van der Waals surface area contributed by atoms with E-state index >= 15 is 0 Å². The molecule has 0 aromatic carbocycles. The molecule has 0 spiro atoms. The Morgan fingerprint density at radius 3 is 2.74 bits per heavy atom. The molecule has 104 valence electrons. The van der Waals surface area contributed by atoms with Crippen molar-refractivity contribution < 1.29 is 4.21 Å². The van der Waals surface area contributed by atoms with Gasteiger partial charge in [-0.1, -0.05) is 0 Å². The monoisotopic (exact) mass is 299 g/mol. The molecule has 0 N–H and O–H groups in total. The number of alkyl halides is 1. The molecule has 0 aliphatic carbocycles. The molecule has 0 bridgehead atoms. The second kappa shape index (κ2) is 5.59. The van der Waals surface area contributed by atoms with Gasteiger partial charge in [-0.2, -0.15) is 0 Å². The van der Waals surface area contributed by atoms with Crippen LogP contribution in [-0.4, -0.2) is 30.2 Å². The second-order valence-corrected chi connectivity index (χ2v) is 7.32. The molecule has 3 atom stereocenters. The molecule has 0 saturated carbocycles. The Morgan fingerprint density at radius 1 is 1.47 bits per heavy atom. The zero-order valence-corrected chi connectivity index (χ0v) is 13.1. The predicted octanol–water partition coefficient (Wildman–Crippen LogP) is 2.81. The van der Waals surface area contributed by atoms with E-state index in [0.717, 1.165) is 22.6 Å². The summed E-state index contributed by atoms with van der Waals surface area (Å²) in [6, 6.07) is 2.00. The van der Waals surface area contributed by atoms with Crippen molar-refractivity contribution in [2.24, 2.45) is 0 Å². The van der Waals surface area contributed by atoms with Gasteiger partial charge in [0.25, 0.3) is 0 Å². The number of pyridine rings is 1. The molecule has 0 aliphatic rings. The highest BCUT2D eigenvalue weighted by atomic mass is 35.5. The second-order valence-electron chi connectivity index (χ2n) is 4.86. The first-order valence-electron chi connectivity index (χ1n) is 6.19. The number of rotatable bonds is 4. The molecule has 3 unspecified atom stereocenters. The Morgan fingerprint density at radius 2 is 2.16 bits per heavy atom. The highest BCUT2D eigenvalue weighted by Crippen LogP contribution is 2.24. The fourth-order valence-electron chi connectivity index (χ4n) is 1.97. The van der Waals surface area contributed by atoms with Gasteiger partial charge in [-0.05, 0) is 32.4 Å². The third-order valence-corrected chi connectivity index (χ3v) is 4.59. The molecule has 0 fully saturated rings. The third-order valence-electron chi connectivity index (χ3n) is 3.11. The first-order chi connectivity index (χ1) is 8.90. The Bertz CT molecular complexity index is 624. The summed E-state index contributed by atoms with van der Waals surface area (Å²) in [5.41, 5.74) is 2.72. The molecule has 0 amide bonds. The standard InChI is InChI=1S/C13H18ClN3OS/c1-8-5-11-13(15-6-8)17(7-9(2)19(4)18)12(16-11)10(3)14/h5-6,9-10H,7H2,1-4H3. The van der Waals surface area contributed by atoms with E-state index in [1.54, 1.807) is 6.26 Å². The van der Waals surface area contributed by atoms with Gasteiger partial charge in [-0.3, -0.25) is 4.21 Å². The zero-order chi connectivity index (χ0) is 14.2. The third kappa shape index (κ3) is 2.98. The summed E-state index contributed by atoms with van der Waals surface area (Å²) in [5, 5.41) is -0.165. The van der Waals surface area contributed by atoms with E-state index < -0.39 is 10.8 Å². The molecule has 4 nitrogen and oxygen atoms in total. The predicted molar refractivity (Wildman–Crippen MR) is 80.1 cm³/mol. The smallest absolute Gasteiger partial charge is 0.160 e. The minimum Gasteiger partial charge on any atom is -0.310 e. The minimum atomic E-state index is -0.883. The average Bonchev–Trinajstić information content (AvgIpc) is 2.67. The fraction of sp³-hybridized carbons (Fsp3) is 0.538. The van der Waals surface area contributed by atoms with Gasteiger partial charge in [0.05, 0.1) is 5.38 Å². The molecule has 2 rings (SSSR count). The van der Waals surface area contributed by atoms with E-state index in [9.17, 15) is 4.21 Å². The maximum atomic E-state index is 11.6. The van der Waals surface area contributed by atoms with Crippen LogP contribution in [0.15, 0.2) is 12.3 Å². The summed E-state index contributed by atoms with van der Waals surface area (Å²) in [6.07, 6.45) is 3.53. The van der Waals surface area contributed by atoms with Crippen LogP contribution in [0.3, 0.4) is 0 Å². The average molecular weight is 300 g/mol. The van der Waals surface area contributed by atoms with Crippen LogP contribution in [0.5, 0.6) is 0 Å². The van der Waals surface area contributed by atoms with E-state index in [2.05, 4.69) is 9.97 Å². The van der Waals surface area contributed by atoms with Gasteiger partial charge in [0.15, 0.2) is 5.65 Å². The SMILES string of the molecule is Cc1cnc2c(c1)nc(C(C)Cl)n2CC(C)S(C)=O. The van der Waals surface area contributed by atoms with Gasteiger partial charge in [0.2, 0.25) is 0 Å². The van der Waals surface area contributed by atoms with Crippen LogP contribution in [0.1, 0.15) is 30.6 Å². The summed E-state index contributed by atoms with van der Waals surface area (Å²) in [6.45, 7) is 6.44. The maximum absolute atomic E-state index is 11.6. The van der Waals surface area contributed by atoms with Crippen LogP contribution in [-0.2, 0) is 17.3 Å². The van der Waals surface area contributed by atoms with E-state index in [1.807, 2.05) is 37.6 Å². The molecule has 0 aliphatic heterocycles. The topological polar surface area (TPSA) is 47.8 Å². The summed E-state index contributed by atoms with van der Waals surface area (Å²) < 4.78 is 13.5. The highest BCUT2D eigenvalue weighted by Gasteiger charge is 2.18. The number of nitrogens with zero attached hydrogens (tertiary/aromatic N) is 3. The minimum absolute atomic E-state index is 0.0367. The molecule has 0 saturated heterocycles. The number of aryl methyl sites for hydroxylation is 1. The summed E-state index contributed by atoms with van der Waals surface area (Å²) in [5.74, 6) is 0.784. The van der Waals surface area contributed by atoms with Crippen LogP contribution < -0.4 is 0 Å². The number of hydrogen-bond acceptors (Lipinski definition) is 3. The van der Waals surface area contributed by atoms with Gasteiger partial charge >= 0.3 is 0 Å². The molecular weight excluding hydrogens is 282 g/mol. The summed E-state index contributed by atoms with van der Waals surface area (Å²) in [4.78, 5) is 8.99. The number of fused-ring (bicyclic) bond motifs is 1. The normalized spacial score (nSPS) is 16.5. The van der Waals surface area contributed by atoms with Crippen LogP contribution in [0.4, 0.5) is 0 Å². The lowest BCUT2D eigenvalue weighted by Gasteiger charge is -2.13. The molecule has 6 heteroatoms. The number of aromatic nitrogens is 3. The number of imidazole rings is 1. The van der Waals surface area contributed by atoms with E-state index in [-0.39, 0.29) is 10.6 Å². The van der Waals surface area contributed by atoms with Crippen molar-refractivity contribution in [3.8, 4) is 0 Å². The van der Waals surface area contributed by atoms with Crippen molar-refractivity contribution in [3.63, 3.8) is 0 Å². The van der Waals surface area contributed by atoms with E-state index in [0.29, 0.717) is 6.54 Å². The maximum Gasteiger partial charge on any atom is 0.160 e. The summed E-state index contributed by atoms with van der Waals surface area (Å²) >= 11 is 6.20. The molecule has 2 aromatic heterocycles. The van der Waals surface area contributed by atoms with E-state index in [1.165, 1.54) is 0 Å². The summed E-state index contributed by atoms with van der Waals surface area (Å²) in [7, 11) is -0.883. The number of halogens is 1. The molecule has 2 aromatic rings. The highest BCUT2D eigenvalue weighted by molar-refractivity contribution is 7.84. The van der Waals surface area contributed by atoms with Crippen LogP contribution >= 0.6 is 11.6 Å². The Hall–Kier alpha value is -0.940. The molecular formula is C13H18ClN3OS. The van der Waals surface area contributed by atoms with Gasteiger partial charge in [0, 0.05) is 35.0 Å². The van der Waals surface area contributed by atoms with Crippen molar-refractivity contribution in [3.05, 3.63) is 23.7 Å². The van der Waals surface area contributed by atoms with Crippen LogP contribution in [0.25, 0.3) is 11.2 Å². The first-order valence-corrected chi connectivity index (χ1v) is 8.25. The lowest BCUT2D eigenvalue weighted by Crippen LogP contribution is -2.19. The van der Waals surface area contributed by atoms with Gasteiger partial charge in [-0.25, -0.2) is 9.97 Å². The lowest BCUT2D eigenvalue weighted by molar-refractivity contribution is 0.630. The molecule has 0 radical (unpaired) electrons. The van der Waals surface area contributed by atoms with Crippen molar-refractivity contribution in [1.29, 1.82) is 0 Å². The van der Waals surface area contributed by atoms with Gasteiger partial charge in [-0.15, -0.1) is 11.6 Å². The van der Waals surface area contributed by atoms with Gasteiger partial charge < -0.3 is 4.57 Å². The largest absolute Gasteiger partial charge is 0.310 e. The Balaban J connectivity index is 2.55. The molecule has 19 heavy (non-hydrogen) atoms. The van der Waals surface area contributed by atoms with E-state index in [4.69, 9.17) is 11.6 Å². The van der Waals surface area contributed by atoms with Crippen LogP contribution in [0.2, 0.25) is 0 Å². The van der Waals surface area contributed by atoms with Crippen molar-refractivity contribution >= 4 is 33.6 Å². The van der Waals surface area contributed by atoms with Crippen molar-refractivity contribution in [1.82, 2.24) is 14.5 Å². The number of hydrogen-bond donors (Lipinski definition) is 0. The van der Waals surface area contributed by atoms with Crippen molar-refractivity contribution in [2.75, 3.05) is 6.26 Å². The quantitative estimate of drug-likeness (QED) is 0.816. The Kier molecular flexibility index (Phi) is 4.26. The van der Waals surface area contributed by atoms with Crippen LogP contribution in [0, 0.1) is 6.92 Å². The van der Waals surface area contributed by atoms with Crippen molar-refractivity contribution in [2.45, 2.75) is 37.9 Å². The lowest BCUT2D eigenvalue weighted by atomic mass is 10.3. The molecule has 2 heterocycles. The van der Waals surface area contributed by atoms with Gasteiger partial charge in [0.1, 0.15) is 11.3 Å². The zero-order valence-electron chi connectivity index (χ0n) is 11.6.